The van der Waals surface area contributed by atoms with Crippen LogP contribution in [0.3, 0.4) is 0 Å². The van der Waals surface area contributed by atoms with Gasteiger partial charge in [-0.25, -0.2) is 0 Å². The lowest BCUT2D eigenvalue weighted by molar-refractivity contribution is 0.0994. The van der Waals surface area contributed by atoms with Gasteiger partial charge >= 0.3 is 0 Å². The minimum Gasteiger partial charge on any atom is -0.493 e. The van der Waals surface area contributed by atoms with Crippen molar-refractivity contribution in [2.75, 3.05) is 13.2 Å². The van der Waals surface area contributed by atoms with Crippen molar-refractivity contribution in [2.24, 2.45) is 5.92 Å². The van der Waals surface area contributed by atoms with Crippen LogP contribution in [0.2, 0.25) is 0 Å². The molecule has 1 aromatic carbocycles. The number of ether oxygens (including phenoxy) is 2. The van der Waals surface area contributed by atoms with Gasteiger partial charge in [0.15, 0.2) is 0 Å². The van der Waals surface area contributed by atoms with E-state index in [-0.39, 0.29) is 0 Å². The second kappa shape index (κ2) is 11.3. The Bertz CT molecular complexity index is 743. The first-order chi connectivity index (χ1) is 14.3. The monoisotopic (exact) mass is 395 g/mol. The van der Waals surface area contributed by atoms with Crippen LogP contribution >= 0.6 is 0 Å². The van der Waals surface area contributed by atoms with E-state index < -0.39 is 0 Å². The number of hydrogen-bond acceptors (Lipinski definition) is 3. The van der Waals surface area contributed by atoms with Gasteiger partial charge in [-0.1, -0.05) is 64.2 Å². The normalized spacial score (nSPS) is 14.9. The molecule has 0 unspecified atom stereocenters. The Balaban J connectivity index is 1.72. The molecule has 0 saturated heterocycles. The van der Waals surface area contributed by atoms with Crippen molar-refractivity contribution in [3.8, 4) is 17.0 Å². The summed E-state index contributed by atoms with van der Waals surface area (Å²) < 4.78 is 12.0. The van der Waals surface area contributed by atoms with Gasteiger partial charge in [-0.3, -0.25) is 4.98 Å². The number of aromatic nitrogens is 1. The first-order valence-electron chi connectivity index (χ1n) is 11.6. The molecule has 0 aliphatic heterocycles. The van der Waals surface area contributed by atoms with E-state index in [0.29, 0.717) is 13.2 Å². The fourth-order valence-corrected chi connectivity index (χ4v) is 4.48. The maximum Gasteiger partial charge on any atom is 0.128 e. The fraction of sp³-hybridized carbons (Fsp3) is 0.577. The largest absolute Gasteiger partial charge is 0.493 e. The van der Waals surface area contributed by atoms with Crippen LogP contribution in [0.1, 0.15) is 76.0 Å². The van der Waals surface area contributed by atoms with E-state index in [0.717, 1.165) is 42.4 Å². The highest BCUT2D eigenvalue weighted by Crippen LogP contribution is 2.32. The SMILES string of the molecule is CCOc1cc(-c2c(CC)cccc2CC)ncc1COCCC1CCCCC1. The second-order valence-corrected chi connectivity index (χ2v) is 8.11. The molecule has 0 N–H and O–H groups in total. The molecule has 0 amide bonds. The molecule has 1 aliphatic rings. The molecular formula is C26H37NO2. The second-order valence-electron chi connectivity index (χ2n) is 8.11. The first-order valence-corrected chi connectivity index (χ1v) is 11.6. The lowest BCUT2D eigenvalue weighted by Crippen LogP contribution is -2.10. The van der Waals surface area contributed by atoms with Crippen LogP contribution in [-0.2, 0) is 24.2 Å². The third kappa shape index (κ3) is 5.82. The van der Waals surface area contributed by atoms with Crippen LogP contribution in [0.25, 0.3) is 11.3 Å². The zero-order chi connectivity index (χ0) is 20.5. The van der Waals surface area contributed by atoms with E-state index in [9.17, 15) is 0 Å². The van der Waals surface area contributed by atoms with Gasteiger partial charge in [-0.05, 0) is 43.2 Å². The number of nitrogens with zero attached hydrogens (tertiary/aromatic N) is 1. The van der Waals surface area contributed by atoms with Gasteiger partial charge in [0, 0.05) is 30.0 Å². The van der Waals surface area contributed by atoms with Gasteiger partial charge < -0.3 is 9.47 Å². The molecule has 0 atom stereocenters. The molecule has 29 heavy (non-hydrogen) atoms. The number of pyridine rings is 1. The van der Waals surface area contributed by atoms with Crippen molar-refractivity contribution in [1.82, 2.24) is 4.98 Å². The van der Waals surface area contributed by atoms with Crippen LogP contribution in [-0.4, -0.2) is 18.2 Å². The van der Waals surface area contributed by atoms with E-state index in [1.165, 1.54) is 55.2 Å². The fourth-order valence-electron chi connectivity index (χ4n) is 4.48. The Labute approximate surface area is 176 Å². The first kappa shape index (κ1) is 21.8. The molecule has 0 radical (unpaired) electrons. The van der Waals surface area contributed by atoms with E-state index in [1.54, 1.807) is 0 Å². The van der Waals surface area contributed by atoms with Crippen LogP contribution in [0.5, 0.6) is 5.75 Å². The predicted octanol–water partition coefficient (Wildman–Crippen LogP) is 6.76. The topological polar surface area (TPSA) is 31.4 Å². The molecule has 0 spiro atoms. The number of hydrogen-bond donors (Lipinski definition) is 0. The summed E-state index contributed by atoms with van der Waals surface area (Å²) in [5.41, 5.74) is 6.01. The Hall–Kier alpha value is -1.87. The summed E-state index contributed by atoms with van der Waals surface area (Å²) >= 11 is 0. The lowest BCUT2D eigenvalue weighted by atomic mass is 9.87. The molecule has 1 fully saturated rings. The maximum atomic E-state index is 6.02. The number of benzene rings is 1. The summed E-state index contributed by atoms with van der Waals surface area (Å²) in [5.74, 6) is 1.76. The van der Waals surface area contributed by atoms with Gasteiger partial charge in [0.1, 0.15) is 5.75 Å². The van der Waals surface area contributed by atoms with Crippen LogP contribution in [0.4, 0.5) is 0 Å². The summed E-state index contributed by atoms with van der Waals surface area (Å²) in [5, 5.41) is 0. The zero-order valence-corrected chi connectivity index (χ0v) is 18.5. The highest BCUT2D eigenvalue weighted by Gasteiger charge is 2.15. The quantitative estimate of drug-likeness (QED) is 0.416. The van der Waals surface area contributed by atoms with E-state index in [2.05, 4.69) is 38.1 Å². The Morgan fingerprint density at radius 3 is 2.34 bits per heavy atom. The summed E-state index contributed by atoms with van der Waals surface area (Å²) in [6, 6.07) is 8.67. The Morgan fingerprint density at radius 2 is 1.69 bits per heavy atom. The molecule has 0 bridgehead atoms. The van der Waals surface area contributed by atoms with Gasteiger partial charge in [0.05, 0.1) is 18.9 Å². The predicted molar refractivity (Wildman–Crippen MR) is 120 cm³/mol. The highest BCUT2D eigenvalue weighted by molar-refractivity contribution is 5.69. The molecule has 1 aliphatic carbocycles. The highest BCUT2D eigenvalue weighted by atomic mass is 16.5. The van der Waals surface area contributed by atoms with E-state index in [4.69, 9.17) is 14.5 Å². The van der Waals surface area contributed by atoms with Gasteiger partial charge in [-0.15, -0.1) is 0 Å². The average Bonchev–Trinajstić information content (AvgIpc) is 2.77. The Kier molecular flexibility index (Phi) is 8.54. The standard InChI is InChI=1S/C26H37NO2/c1-4-21-13-10-14-22(5-2)26(21)24-17-25(29-6-3)23(18-27-24)19-28-16-15-20-11-8-7-9-12-20/h10,13-14,17-18,20H,4-9,11-12,15-16,19H2,1-3H3. The molecule has 3 rings (SSSR count). The molecule has 1 aromatic heterocycles. The van der Waals surface area contributed by atoms with Gasteiger partial charge in [0.25, 0.3) is 0 Å². The molecule has 3 heteroatoms. The van der Waals surface area contributed by atoms with Gasteiger partial charge in [0.2, 0.25) is 0 Å². The molecule has 3 nitrogen and oxygen atoms in total. The summed E-state index contributed by atoms with van der Waals surface area (Å²) in [6.07, 6.45) is 12.1. The van der Waals surface area contributed by atoms with Gasteiger partial charge in [-0.2, -0.15) is 0 Å². The van der Waals surface area contributed by atoms with Crippen LogP contribution < -0.4 is 4.74 Å². The van der Waals surface area contributed by atoms with E-state index in [1.807, 2.05) is 13.1 Å². The summed E-state index contributed by atoms with van der Waals surface area (Å²) in [6.45, 7) is 8.49. The summed E-state index contributed by atoms with van der Waals surface area (Å²) in [4.78, 5) is 4.82. The van der Waals surface area contributed by atoms with Crippen LogP contribution in [0.15, 0.2) is 30.5 Å². The molecular weight excluding hydrogens is 358 g/mol. The van der Waals surface area contributed by atoms with E-state index >= 15 is 0 Å². The molecule has 1 saturated carbocycles. The summed E-state index contributed by atoms with van der Waals surface area (Å²) in [7, 11) is 0. The smallest absolute Gasteiger partial charge is 0.128 e. The maximum absolute atomic E-state index is 6.02. The van der Waals surface area contributed by atoms with Crippen molar-refractivity contribution >= 4 is 0 Å². The molecule has 1 heterocycles. The Morgan fingerprint density at radius 1 is 0.966 bits per heavy atom. The van der Waals surface area contributed by atoms with Crippen molar-refractivity contribution in [1.29, 1.82) is 0 Å². The van der Waals surface area contributed by atoms with Crippen molar-refractivity contribution in [3.05, 3.63) is 47.2 Å². The lowest BCUT2D eigenvalue weighted by Gasteiger charge is -2.21. The molecule has 2 aromatic rings. The number of aryl methyl sites for hydroxylation is 2. The van der Waals surface area contributed by atoms with Crippen molar-refractivity contribution in [3.63, 3.8) is 0 Å². The third-order valence-electron chi connectivity index (χ3n) is 6.15. The zero-order valence-electron chi connectivity index (χ0n) is 18.5. The minimum atomic E-state index is 0.575. The third-order valence-corrected chi connectivity index (χ3v) is 6.15. The average molecular weight is 396 g/mol. The minimum absolute atomic E-state index is 0.575. The van der Waals surface area contributed by atoms with Crippen molar-refractivity contribution < 1.29 is 9.47 Å². The number of rotatable bonds is 10. The van der Waals surface area contributed by atoms with Crippen LogP contribution in [0, 0.1) is 5.92 Å². The molecule has 158 valence electrons. The van der Waals surface area contributed by atoms with Crippen molar-refractivity contribution in [2.45, 2.75) is 78.7 Å².